The molecule has 0 saturated carbocycles. The molecule has 3 N–H and O–H groups in total. The molecule has 22 heavy (non-hydrogen) atoms. The second-order valence-electron chi connectivity index (χ2n) is 4.70. The van der Waals surface area contributed by atoms with Crippen molar-refractivity contribution >= 4 is 11.6 Å². The molecule has 0 bridgehead atoms. The van der Waals surface area contributed by atoms with Gasteiger partial charge in [-0.1, -0.05) is 24.3 Å². The zero-order chi connectivity index (χ0) is 15.8. The Bertz CT molecular complexity index is 612. The van der Waals surface area contributed by atoms with E-state index in [2.05, 4.69) is 5.32 Å². The molecule has 0 unspecified atom stereocenters. The van der Waals surface area contributed by atoms with Crippen molar-refractivity contribution in [1.82, 2.24) is 0 Å². The minimum absolute atomic E-state index is 0.101. The van der Waals surface area contributed by atoms with Crippen LogP contribution < -0.4 is 20.5 Å². The Morgan fingerprint density at radius 1 is 1.09 bits per heavy atom. The predicted molar refractivity (Wildman–Crippen MR) is 86.1 cm³/mol. The maximum absolute atomic E-state index is 11.9. The molecular weight excluding hydrogens is 280 g/mol. The Morgan fingerprint density at radius 3 is 2.41 bits per heavy atom. The lowest BCUT2D eigenvalue weighted by Gasteiger charge is -2.10. The molecule has 0 radical (unpaired) electrons. The topological polar surface area (TPSA) is 73.6 Å². The standard InChI is InChI=1S/C17H20N2O3/c1-21-15-4-2-3-5-16(15)22-11-10-17(20)19-14-8-6-13(12-18)7-9-14/h2-9H,10-12,18H2,1H3,(H,19,20). The third-order valence-corrected chi connectivity index (χ3v) is 3.13. The summed E-state index contributed by atoms with van der Waals surface area (Å²) in [5.74, 6) is 1.18. The first-order chi connectivity index (χ1) is 10.7. The van der Waals surface area contributed by atoms with Crippen LogP contribution in [0.2, 0.25) is 0 Å². The maximum Gasteiger partial charge on any atom is 0.227 e. The number of rotatable bonds is 7. The Balaban J connectivity index is 1.80. The van der Waals surface area contributed by atoms with Gasteiger partial charge in [0.05, 0.1) is 20.1 Å². The summed E-state index contributed by atoms with van der Waals surface area (Å²) in [6.45, 7) is 0.772. The molecule has 5 nitrogen and oxygen atoms in total. The van der Waals surface area contributed by atoms with Gasteiger partial charge in [-0.2, -0.15) is 0 Å². The molecule has 2 rings (SSSR count). The monoisotopic (exact) mass is 300 g/mol. The summed E-state index contributed by atoms with van der Waals surface area (Å²) in [6, 6.07) is 14.8. The molecule has 2 aromatic carbocycles. The van der Waals surface area contributed by atoms with E-state index in [0.29, 0.717) is 18.0 Å². The summed E-state index contributed by atoms with van der Waals surface area (Å²) in [5.41, 5.74) is 7.31. The van der Waals surface area contributed by atoms with Crippen LogP contribution in [0.5, 0.6) is 11.5 Å². The second kappa shape index (κ2) is 8.05. The van der Waals surface area contributed by atoms with Crippen LogP contribution in [0.15, 0.2) is 48.5 Å². The summed E-state index contributed by atoms with van der Waals surface area (Å²) < 4.78 is 10.8. The summed E-state index contributed by atoms with van der Waals surface area (Å²) in [6.07, 6.45) is 0.261. The highest BCUT2D eigenvalue weighted by molar-refractivity contribution is 5.90. The van der Waals surface area contributed by atoms with Crippen LogP contribution in [0.3, 0.4) is 0 Å². The maximum atomic E-state index is 11.9. The largest absolute Gasteiger partial charge is 0.493 e. The molecule has 0 spiro atoms. The number of carbonyl (C=O) groups excluding carboxylic acids is 1. The van der Waals surface area contributed by atoms with Crippen molar-refractivity contribution < 1.29 is 14.3 Å². The first kappa shape index (κ1) is 15.9. The van der Waals surface area contributed by atoms with Gasteiger partial charge in [-0.25, -0.2) is 0 Å². The van der Waals surface area contributed by atoms with Crippen molar-refractivity contribution in [2.45, 2.75) is 13.0 Å². The Morgan fingerprint density at radius 2 is 1.77 bits per heavy atom. The van der Waals surface area contributed by atoms with E-state index in [1.54, 1.807) is 7.11 Å². The number of nitrogens with two attached hydrogens (primary N) is 1. The van der Waals surface area contributed by atoms with Gasteiger partial charge >= 0.3 is 0 Å². The smallest absolute Gasteiger partial charge is 0.227 e. The minimum Gasteiger partial charge on any atom is -0.493 e. The van der Waals surface area contributed by atoms with E-state index in [1.807, 2.05) is 48.5 Å². The molecule has 0 aromatic heterocycles. The van der Waals surface area contributed by atoms with E-state index in [4.69, 9.17) is 15.2 Å². The second-order valence-corrected chi connectivity index (χ2v) is 4.70. The van der Waals surface area contributed by atoms with Crippen LogP contribution in [0.4, 0.5) is 5.69 Å². The Labute approximate surface area is 130 Å². The van der Waals surface area contributed by atoms with Gasteiger partial charge in [-0.3, -0.25) is 4.79 Å². The van der Waals surface area contributed by atoms with Crippen LogP contribution in [-0.2, 0) is 11.3 Å². The molecule has 0 atom stereocenters. The fourth-order valence-electron chi connectivity index (χ4n) is 1.94. The van der Waals surface area contributed by atoms with E-state index < -0.39 is 0 Å². The zero-order valence-electron chi connectivity index (χ0n) is 12.5. The normalized spacial score (nSPS) is 10.1. The summed E-state index contributed by atoms with van der Waals surface area (Å²) in [5, 5.41) is 2.82. The van der Waals surface area contributed by atoms with Crippen molar-refractivity contribution in [3.8, 4) is 11.5 Å². The van der Waals surface area contributed by atoms with Crippen LogP contribution in [0, 0.1) is 0 Å². The van der Waals surface area contributed by atoms with E-state index in [0.717, 1.165) is 11.3 Å². The fraction of sp³-hybridized carbons (Fsp3) is 0.235. The van der Waals surface area contributed by atoms with Crippen molar-refractivity contribution in [2.24, 2.45) is 5.73 Å². The number of nitrogens with one attached hydrogen (secondary N) is 1. The zero-order valence-corrected chi connectivity index (χ0v) is 12.5. The van der Waals surface area contributed by atoms with Crippen molar-refractivity contribution in [2.75, 3.05) is 19.0 Å². The number of amides is 1. The van der Waals surface area contributed by atoms with E-state index in [-0.39, 0.29) is 18.9 Å². The lowest BCUT2D eigenvalue weighted by Crippen LogP contribution is -2.15. The highest BCUT2D eigenvalue weighted by Crippen LogP contribution is 2.25. The van der Waals surface area contributed by atoms with E-state index in [9.17, 15) is 4.79 Å². The number of para-hydroxylation sites is 2. The number of benzene rings is 2. The average Bonchev–Trinajstić information content (AvgIpc) is 2.56. The fourth-order valence-corrected chi connectivity index (χ4v) is 1.94. The Hall–Kier alpha value is -2.53. The molecule has 1 amide bonds. The molecule has 0 fully saturated rings. The first-order valence-corrected chi connectivity index (χ1v) is 7.07. The van der Waals surface area contributed by atoms with Crippen molar-refractivity contribution in [3.63, 3.8) is 0 Å². The number of hydrogen-bond donors (Lipinski definition) is 2. The lowest BCUT2D eigenvalue weighted by molar-refractivity contribution is -0.116. The summed E-state index contributed by atoms with van der Waals surface area (Å²) in [4.78, 5) is 11.9. The van der Waals surface area contributed by atoms with Crippen molar-refractivity contribution in [1.29, 1.82) is 0 Å². The number of carbonyl (C=O) groups is 1. The van der Waals surface area contributed by atoms with Gasteiger partial charge in [0, 0.05) is 12.2 Å². The summed E-state index contributed by atoms with van der Waals surface area (Å²) in [7, 11) is 1.58. The third-order valence-electron chi connectivity index (χ3n) is 3.13. The molecule has 0 aliphatic heterocycles. The van der Waals surface area contributed by atoms with Crippen molar-refractivity contribution in [3.05, 3.63) is 54.1 Å². The molecule has 0 heterocycles. The van der Waals surface area contributed by atoms with Crippen LogP contribution in [-0.4, -0.2) is 19.6 Å². The van der Waals surface area contributed by atoms with Gasteiger partial charge in [-0.05, 0) is 29.8 Å². The number of methoxy groups -OCH3 is 1. The molecule has 0 saturated heterocycles. The van der Waals surface area contributed by atoms with Crippen LogP contribution in [0.1, 0.15) is 12.0 Å². The predicted octanol–water partition coefficient (Wildman–Crippen LogP) is 2.56. The number of hydrogen-bond acceptors (Lipinski definition) is 4. The number of ether oxygens (including phenoxy) is 2. The SMILES string of the molecule is COc1ccccc1OCCC(=O)Nc1ccc(CN)cc1. The highest BCUT2D eigenvalue weighted by Gasteiger charge is 2.06. The van der Waals surface area contributed by atoms with Crippen LogP contribution >= 0.6 is 0 Å². The average molecular weight is 300 g/mol. The Kier molecular flexibility index (Phi) is 5.80. The molecular formula is C17H20N2O3. The molecule has 2 aromatic rings. The van der Waals surface area contributed by atoms with Crippen LogP contribution in [0.25, 0.3) is 0 Å². The summed E-state index contributed by atoms with van der Waals surface area (Å²) >= 11 is 0. The van der Waals surface area contributed by atoms with E-state index in [1.165, 1.54) is 0 Å². The highest BCUT2D eigenvalue weighted by atomic mass is 16.5. The molecule has 5 heteroatoms. The third kappa shape index (κ3) is 4.49. The van der Waals surface area contributed by atoms with Gasteiger partial charge in [0.25, 0.3) is 0 Å². The minimum atomic E-state index is -0.101. The van der Waals surface area contributed by atoms with Gasteiger partial charge in [-0.15, -0.1) is 0 Å². The molecule has 116 valence electrons. The van der Waals surface area contributed by atoms with Gasteiger partial charge in [0.15, 0.2) is 11.5 Å². The molecule has 0 aliphatic carbocycles. The number of anilines is 1. The van der Waals surface area contributed by atoms with E-state index >= 15 is 0 Å². The van der Waals surface area contributed by atoms with Gasteiger partial charge in [0.2, 0.25) is 5.91 Å². The van der Waals surface area contributed by atoms with Gasteiger partial charge in [0.1, 0.15) is 0 Å². The quantitative estimate of drug-likeness (QED) is 0.824. The first-order valence-electron chi connectivity index (χ1n) is 7.07. The lowest BCUT2D eigenvalue weighted by atomic mass is 10.2. The van der Waals surface area contributed by atoms with Gasteiger partial charge < -0.3 is 20.5 Å². The molecule has 0 aliphatic rings.